The molecule has 0 radical (unpaired) electrons. The smallest absolute Gasteiger partial charge is 0.132 e. The predicted octanol–water partition coefficient (Wildman–Crippen LogP) is 2.39. The lowest BCUT2D eigenvalue weighted by Crippen LogP contribution is -2.39. The van der Waals surface area contributed by atoms with Crippen LogP contribution in [0.2, 0.25) is 0 Å². The normalized spacial score (nSPS) is 16.8. The largest absolute Gasteiger partial charge is 0.384 e. The number of anilines is 1. The number of hydrogen-bond acceptors (Lipinski definition) is 4. The molecule has 0 bridgehead atoms. The molecule has 1 aliphatic rings. The van der Waals surface area contributed by atoms with Crippen LogP contribution in [0.1, 0.15) is 18.4 Å². The van der Waals surface area contributed by atoms with E-state index in [1.165, 1.54) is 0 Å². The maximum Gasteiger partial charge on any atom is 0.132 e. The van der Waals surface area contributed by atoms with E-state index in [1.54, 1.807) is 30.3 Å². The number of piperidine rings is 1. The van der Waals surface area contributed by atoms with Crippen LogP contribution in [0.25, 0.3) is 11.3 Å². The van der Waals surface area contributed by atoms with Gasteiger partial charge in [-0.1, -0.05) is 12.1 Å². The van der Waals surface area contributed by atoms with Crippen molar-refractivity contribution in [2.45, 2.75) is 25.4 Å². The van der Waals surface area contributed by atoms with E-state index in [0.717, 1.165) is 38.0 Å². The van der Waals surface area contributed by atoms with Gasteiger partial charge in [0.25, 0.3) is 0 Å². The molecule has 1 saturated heterocycles. The molecule has 22 heavy (non-hydrogen) atoms. The minimum absolute atomic E-state index is 0.260. The Morgan fingerprint density at radius 2 is 1.95 bits per heavy atom. The fourth-order valence-corrected chi connectivity index (χ4v) is 2.84. The van der Waals surface area contributed by atoms with Crippen LogP contribution in [-0.4, -0.2) is 29.0 Å². The average Bonchev–Trinajstić information content (AvgIpc) is 2.50. The summed E-state index contributed by atoms with van der Waals surface area (Å²) >= 11 is 0. The van der Waals surface area contributed by atoms with E-state index in [4.69, 9.17) is 11.5 Å². The molecule has 1 aromatic heterocycles. The third-order valence-electron chi connectivity index (χ3n) is 4.12. The molecule has 4 N–H and O–H groups in total. The Morgan fingerprint density at radius 3 is 2.64 bits per heavy atom. The van der Waals surface area contributed by atoms with Gasteiger partial charge in [0.2, 0.25) is 0 Å². The van der Waals surface area contributed by atoms with Gasteiger partial charge in [-0.15, -0.1) is 0 Å². The summed E-state index contributed by atoms with van der Waals surface area (Å²) in [5, 5.41) is 0. The van der Waals surface area contributed by atoms with Gasteiger partial charge >= 0.3 is 0 Å². The van der Waals surface area contributed by atoms with Gasteiger partial charge in [-0.2, -0.15) is 0 Å². The van der Waals surface area contributed by atoms with Gasteiger partial charge < -0.3 is 11.5 Å². The maximum atomic E-state index is 14.4. The van der Waals surface area contributed by atoms with Crippen molar-refractivity contribution in [2.75, 3.05) is 18.8 Å². The van der Waals surface area contributed by atoms with Crippen LogP contribution >= 0.6 is 0 Å². The lowest BCUT2D eigenvalue weighted by molar-refractivity contribution is 0.205. The number of benzene rings is 1. The highest BCUT2D eigenvalue weighted by atomic mass is 19.1. The van der Waals surface area contributed by atoms with E-state index in [-0.39, 0.29) is 5.82 Å². The molecule has 0 aliphatic carbocycles. The Labute approximate surface area is 129 Å². The Morgan fingerprint density at radius 1 is 1.18 bits per heavy atom. The molecule has 116 valence electrons. The number of nitrogens with two attached hydrogens (primary N) is 2. The highest BCUT2D eigenvalue weighted by Crippen LogP contribution is 2.23. The van der Waals surface area contributed by atoms with Gasteiger partial charge in [-0.25, -0.2) is 9.37 Å². The summed E-state index contributed by atoms with van der Waals surface area (Å²) in [5.74, 6) is 0.134. The van der Waals surface area contributed by atoms with Crippen LogP contribution in [0.3, 0.4) is 0 Å². The SMILES string of the molecule is Nc1cccc(-c2ccc(CN3CCC(N)CC3)cc2F)n1. The average molecular weight is 300 g/mol. The zero-order valence-electron chi connectivity index (χ0n) is 12.5. The summed E-state index contributed by atoms with van der Waals surface area (Å²) in [6.45, 7) is 2.71. The quantitative estimate of drug-likeness (QED) is 0.913. The Kier molecular flexibility index (Phi) is 4.36. The zero-order chi connectivity index (χ0) is 15.5. The molecule has 1 aromatic carbocycles. The van der Waals surface area contributed by atoms with Gasteiger partial charge in [0.1, 0.15) is 11.6 Å². The molecule has 0 saturated carbocycles. The maximum absolute atomic E-state index is 14.4. The molecular formula is C17H21FN4. The Hall–Kier alpha value is -1.98. The second-order valence-electron chi connectivity index (χ2n) is 5.88. The monoisotopic (exact) mass is 300 g/mol. The third kappa shape index (κ3) is 3.43. The Balaban J connectivity index is 1.75. The van der Waals surface area contributed by atoms with Gasteiger partial charge in [0.15, 0.2) is 0 Å². The lowest BCUT2D eigenvalue weighted by Gasteiger charge is -2.30. The molecule has 2 heterocycles. The second-order valence-corrected chi connectivity index (χ2v) is 5.88. The summed E-state index contributed by atoms with van der Waals surface area (Å²) in [6.07, 6.45) is 2.02. The van der Waals surface area contributed by atoms with Gasteiger partial charge in [-0.05, 0) is 55.8 Å². The van der Waals surface area contributed by atoms with Crippen molar-refractivity contribution in [1.29, 1.82) is 0 Å². The molecule has 1 fully saturated rings. The first-order chi connectivity index (χ1) is 10.6. The molecule has 4 nitrogen and oxygen atoms in total. The van der Waals surface area contributed by atoms with E-state index in [0.29, 0.717) is 23.1 Å². The van der Waals surface area contributed by atoms with Crippen LogP contribution in [0.5, 0.6) is 0 Å². The fraction of sp³-hybridized carbons (Fsp3) is 0.353. The molecule has 2 aromatic rings. The van der Waals surface area contributed by atoms with Gasteiger partial charge in [0.05, 0.1) is 5.69 Å². The highest BCUT2D eigenvalue weighted by molar-refractivity contribution is 5.62. The predicted molar refractivity (Wildman–Crippen MR) is 86.5 cm³/mol. The number of likely N-dealkylation sites (tertiary alicyclic amines) is 1. The van der Waals surface area contributed by atoms with Crippen LogP contribution in [-0.2, 0) is 6.54 Å². The van der Waals surface area contributed by atoms with Gasteiger partial charge in [-0.3, -0.25) is 4.90 Å². The summed E-state index contributed by atoms with van der Waals surface area (Å²) in [6, 6.07) is 10.9. The molecule has 5 heteroatoms. The van der Waals surface area contributed by atoms with E-state index in [9.17, 15) is 4.39 Å². The standard InChI is InChI=1S/C17H21FN4/c18-15-10-12(11-22-8-6-13(19)7-9-22)4-5-14(15)16-2-1-3-17(20)21-16/h1-5,10,13H,6-9,11,19H2,(H2,20,21). The summed E-state index contributed by atoms with van der Waals surface area (Å²) < 4.78 is 14.4. The highest BCUT2D eigenvalue weighted by Gasteiger charge is 2.16. The van der Waals surface area contributed by atoms with Crippen molar-refractivity contribution >= 4 is 5.82 Å². The van der Waals surface area contributed by atoms with Crippen LogP contribution in [0.4, 0.5) is 10.2 Å². The molecule has 0 atom stereocenters. The third-order valence-corrected chi connectivity index (χ3v) is 4.12. The number of rotatable bonds is 3. The van der Waals surface area contributed by atoms with Crippen LogP contribution in [0.15, 0.2) is 36.4 Å². The number of pyridine rings is 1. The van der Waals surface area contributed by atoms with E-state index in [1.807, 2.05) is 6.07 Å². The van der Waals surface area contributed by atoms with Gasteiger partial charge in [0, 0.05) is 18.2 Å². The van der Waals surface area contributed by atoms with Crippen LogP contribution < -0.4 is 11.5 Å². The molecule has 1 aliphatic heterocycles. The second kappa shape index (κ2) is 6.42. The topological polar surface area (TPSA) is 68.2 Å². The van der Waals surface area contributed by atoms with E-state index in [2.05, 4.69) is 9.88 Å². The van der Waals surface area contributed by atoms with Crippen molar-refractivity contribution < 1.29 is 4.39 Å². The Bertz CT molecular complexity index is 651. The zero-order valence-corrected chi connectivity index (χ0v) is 12.5. The van der Waals surface area contributed by atoms with E-state index >= 15 is 0 Å². The first kappa shape index (κ1) is 14.9. The molecular weight excluding hydrogens is 279 g/mol. The molecule has 0 amide bonds. The van der Waals surface area contributed by atoms with E-state index < -0.39 is 0 Å². The molecule has 3 rings (SSSR count). The van der Waals surface area contributed by atoms with Crippen molar-refractivity contribution in [3.05, 3.63) is 47.8 Å². The van der Waals surface area contributed by atoms with Crippen molar-refractivity contribution in [2.24, 2.45) is 5.73 Å². The summed E-state index contributed by atoms with van der Waals surface area (Å²) in [4.78, 5) is 6.49. The minimum Gasteiger partial charge on any atom is -0.384 e. The molecule has 0 unspecified atom stereocenters. The number of hydrogen-bond donors (Lipinski definition) is 2. The molecule has 0 spiro atoms. The lowest BCUT2D eigenvalue weighted by atomic mass is 10.0. The van der Waals surface area contributed by atoms with Crippen molar-refractivity contribution in [3.63, 3.8) is 0 Å². The summed E-state index contributed by atoms with van der Waals surface area (Å²) in [7, 11) is 0. The minimum atomic E-state index is -0.260. The number of aromatic nitrogens is 1. The summed E-state index contributed by atoms with van der Waals surface area (Å²) in [5.41, 5.74) is 13.6. The number of nitrogens with zero attached hydrogens (tertiary/aromatic N) is 2. The number of nitrogen functional groups attached to an aromatic ring is 1. The first-order valence-electron chi connectivity index (χ1n) is 7.61. The van der Waals surface area contributed by atoms with Crippen molar-refractivity contribution in [1.82, 2.24) is 9.88 Å². The van der Waals surface area contributed by atoms with Crippen molar-refractivity contribution in [3.8, 4) is 11.3 Å². The fourth-order valence-electron chi connectivity index (χ4n) is 2.84. The number of halogens is 1. The first-order valence-corrected chi connectivity index (χ1v) is 7.61. The van der Waals surface area contributed by atoms with Crippen LogP contribution in [0, 0.1) is 5.82 Å².